The van der Waals surface area contributed by atoms with Gasteiger partial charge in [-0.15, -0.1) is 0 Å². The Balaban J connectivity index is 1.76. The van der Waals surface area contributed by atoms with Crippen molar-refractivity contribution in [1.82, 2.24) is 5.32 Å². The molecule has 146 valence electrons. The van der Waals surface area contributed by atoms with Crippen LogP contribution in [0.25, 0.3) is 0 Å². The van der Waals surface area contributed by atoms with Crippen molar-refractivity contribution in [2.75, 3.05) is 36.5 Å². The Morgan fingerprint density at radius 3 is 2.61 bits per heavy atom. The topological polar surface area (TPSA) is 96.7 Å². The number of nitro benzene ring substituents is 1. The number of amides is 1. The molecule has 28 heavy (non-hydrogen) atoms. The second-order valence-electron chi connectivity index (χ2n) is 5.92. The number of morpholine rings is 1. The molecule has 0 atom stereocenters. The van der Waals surface area contributed by atoms with Crippen molar-refractivity contribution in [3.05, 3.63) is 63.2 Å². The molecular weight excluding hydrogens is 404 g/mol. The number of benzene rings is 2. The Kier molecular flexibility index (Phi) is 6.40. The Morgan fingerprint density at radius 2 is 1.89 bits per heavy atom. The molecule has 0 bridgehead atoms. The van der Waals surface area contributed by atoms with Gasteiger partial charge < -0.3 is 15.0 Å². The molecule has 0 aliphatic carbocycles. The second kappa shape index (κ2) is 8.96. The average molecular weight is 421 g/mol. The third-order valence-electron chi connectivity index (χ3n) is 4.13. The molecule has 2 N–H and O–H groups in total. The van der Waals surface area contributed by atoms with E-state index in [0.717, 1.165) is 5.69 Å². The standard InChI is InChI=1S/C18H17ClN4O4S/c19-13-5-3-6-14(16(13)22-8-10-27-11-9-22)20-18(28)21-17(24)12-4-1-2-7-15(12)23(25)26/h1-7H,8-11H2,(H2,20,21,24,28). The predicted molar refractivity (Wildman–Crippen MR) is 111 cm³/mol. The molecular formula is C18H17ClN4O4S. The summed E-state index contributed by atoms with van der Waals surface area (Å²) in [7, 11) is 0. The van der Waals surface area contributed by atoms with Crippen molar-refractivity contribution in [3.8, 4) is 0 Å². The highest BCUT2D eigenvalue weighted by atomic mass is 35.5. The molecule has 1 saturated heterocycles. The van der Waals surface area contributed by atoms with Crippen molar-refractivity contribution >= 4 is 51.9 Å². The first-order chi connectivity index (χ1) is 13.5. The number of carbonyl (C=O) groups is 1. The minimum absolute atomic E-state index is 0.0138. The second-order valence-corrected chi connectivity index (χ2v) is 6.73. The van der Waals surface area contributed by atoms with Gasteiger partial charge in [-0.2, -0.15) is 0 Å². The third kappa shape index (κ3) is 4.56. The monoisotopic (exact) mass is 420 g/mol. The van der Waals surface area contributed by atoms with Crippen LogP contribution in [-0.2, 0) is 4.74 Å². The van der Waals surface area contributed by atoms with Gasteiger partial charge in [-0.25, -0.2) is 0 Å². The van der Waals surface area contributed by atoms with Gasteiger partial charge in [0.2, 0.25) is 0 Å². The Morgan fingerprint density at radius 1 is 1.18 bits per heavy atom. The number of carbonyl (C=O) groups excluding carboxylic acids is 1. The zero-order valence-corrected chi connectivity index (χ0v) is 16.3. The first-order valence-corrected chi connectivity index (χ1v) is 9.23. The first kappa shape index (κ1) is 20.0. The maximum absolute atomic E-state index is 12.4. The summed E-state index contributed by atoms with van der Waals surface area (Å²) >= 11 is 11.6. The molecule has 1 fully saturated rings. The predicted octanol–water partition coefficient (Wildman–Crippen LogP) is 3.21. The third-order valence-corrected chi connectivity index (χ3v) is 4.64. The van der Waals surface area contributed by atoms with Crippen LogP contribution in [-0.4, -0.2) is 42.2 Å². The van der Waals surface area contributed by atoms with E-state index >= 15 is 0 Å². The fraction of sp³-hybridized carbons (Fsp3) is 0.222. The van der Waals surface area contributed by atoms with E-state index in [0.29, 0.717) is 37.0 Å². The smallest absolute Gasteiger partial charge is 0.282 e. The van der Waals surface area contributed by atoms with E-state index in [1.807, 2.05) is 0 Å². The Labute approximate surface area is 171 Å². The number of anilines is 2. The lowest BCUT2D eigenvalue weighted by molar-refractivity contribution is -0.385. The van der Waals surface area contributed by atoms with E-state index in [2.05, 4.69) is 15.5 Å². The molecule has 0 saturated carbocycles. The number of nitrogens with zero attached hydrogens (tertiary/aromatic N) is 2. The van der Waals surface area contributed by atoms with Crippen LogP contribution >= 0.6 is 23.8 Å². The normalized spacial score (nSPS) is 13.7. The van der Waals surface area contributed by atoms with E-state index in [4.69, 9.17) is 28.6 Å². The molecule has 1 aliphatic rings. The minimum Gasteiger partial charge on any atom is -0.378 e. The highest BCUT2D eigenvalue weighted by Gasteiger charge is 2.21. The molecule has 0 unspecified atom stereocenters. The van der Waals surface area contributed by atoms with Gasteiger partial charge in [-0.1, -0.05) is 29.8 Å². The SMILES string of the molecule is O=C(NC(=S)Nc1cccc(Cl)c1N1CCOCC1)c1ccccc1[N+](=O)[O-]. The fourth-order valence-corrected chi connectivity index (χ4v) is 3.37. The lowest BCUT2D eigenvalue weighted by Crippen LogP contribution is -2.38. The van der Waals surface area contributed by atoms with E-state index in [9.17, 15) is 14.9 Å². The van der Waals surface area contributed by atoms with Crippen LogP contribution in [0.2, 0.25) is 5.02 Å². The molecule has 2 aromatic carbocycles. The summed E-state index contributed by atoms with van der Waals surface area (Å²) in [5.74, 6) is -0.667. The van der Waals surface area contributed by atoms with Gasteiger partial charge in [0.15, 0.2) is 5.11 Å². The number of hydrogen-bond donors (Lipinski definition) is 2. The first-order valence-electron chi connectivity index (χ1n) is 8.44. The summed E-state index contributed by atoms with van der Waals surface area (Å²) in [5, 5.41) is 17.1. The van der Waals surface area contributed by atoms with E-state index in [1.165, 1.54) is 18.2 Å². The number of nitro groups is 1. The Bertz CT molecular complexity index is 918. The van der Waals surface area contributed by atoms with E-state index in [-0.39, 0.29) is 16.4 Å². The Hall–Kier alpha value is -2.75. The largest absolute Gasteiger partial charge is 0.378 e. The molecule has 0 spiro atoms. The molecule has 1 heterocycles. The minimum atomic E-state index is -0.667. The van der Waals surface area contributed by atoms with Gasteiger partial charge >= 0.3 is 0 Å². The molecule has 1 aliphatic heterocycles. The van der Waals surface area contributed by atoms with Crippen LogP contribution in [0.5, 0.6) is 0 Å². The molecule has 2 aromatic rings. The van der Waals surface area contributed by atoms with Gasteiger partial charge in [-0.3, -0.25) is 20.2 Å². The summed E-state index contributed by atoms with van der Waals surface area (Å²) < 4.78 is 5.37. The fourth-order valence-electron chi connectivity index (χ4n) is 2.87. The molecule has 0 aromatic heterocycles. The van der Waals surface area contributed by atoms with Crippen LogP contribution < -0.4 is 15.5 Å². The molecule has 3 rings (SSSR count). The summed E-state index contributed by atoms with van der Waals surface area (Å²) in [5.41, 5.74) is 1.02. The van der Waals surface area contributed by atoms with Crippen molar-refractivity contribution in [2.24, 2.45) is 0 Å². The van der Waals surface area contributed by atoms with Crippen LogP contribution in [0.4, 0.5) is 17.1 Å². The van der Waals surface area contributed by atoms with E-state index in [1.54, 1.807) is 24.3 Å². The summed E-state index contributed by atoms with van der Waals surface area (Å²) in [6.07, 6.45) is 0. The number of ether oxygens (including phenoxy) is 1. The van der Waals surface area contributed by atoms with Gasteiger partial charge in [0.05, 0.1) is 34.5 Å². The highest BCUT2D eigenvalue weighted by Crippen LogP contribution is 2.34. The van der Waals surface area contributed by atoms with Gasteiger partial charge in [0, 0.05) is 19.2 Å². The number of nitrogens with one attached hydrogen (secondary N) is 2. The number of thiocarbonyl (C=S) groups is 1. The average Bonchev–Trinajstić information content (AvgIpc) is 2.68. The van der Waals surface area contributed by atoms with Crippen molar-refractivity contribution < 1.29 is 14.5 Å². The summed E-state index contributed by atoms with van der Waals surface area (Å²) in [6.45, 7) is 2.52. The van der Waals surface area contributed by atoms with Crippen molar-refractivity contribution in [1.29, 1.82) is 0 Å². The van der Waals surface area contributed by atoms with Crippen molar-refractivity contribution in [2.45, 2.75) is 0 Å². The van der Waals surface area contributed by atoms with Crippen LogP contribution in [0.3, 0.4) is 0 Å². The maximum atomic E-state index is 12.4. The maximum Gasteiger partial charge on any atom is 0.282 e. The quantitative estimate of drug-likeness (QED) is 0.445. The van der Waals surface area contributed by atoms with Gasteiger partial charge in [-0.05, 0) is 30.4 Å². The lowest BCUT2D eigenvalue weighted by atomic mass is 10.1. The van der Waals surface area contributed by atoms with Crippen LogP contribution in [0, 0.1) is 10.1 Å². The summed E-state index contributed by atoms with van der Waals surface area (Å²) in [4.78, 5) is 25.0. The molecule has 10 heteroatoms. The molecule has 0 radical (unpaired) electrons. The van der Waals surface area contributed by atoms with Gasteiger partial charge in [0.25, 0.3) is 11.6 Å². The molecule has 8 nitrogen and oxygen atoms in total. The summed E-state index contributed by atoms with van der Waals surface area (Å²) in [6, 6.07) is 11.0. The number of para-hydroxylation sites is 2. The zero-order valence-electron chi connectivity index (χ0n) is 14.7. The molecule has 1 amide bonds. The van der Waals surface area contributed by atoms with E-state index < -0.39 is 10.8 Å². The van der Waals surface area contributed by atoms with Crippen LogP contribution in [0.15, 0.2) is 42.5 Å². The highest BCUT2D eigenvalue weighted by molar-refractivity contribution is 7.80. The zero-order chi connectivity index (χ0) is 20.1. The van der Waals surface area contributed by atoms with Crippen molar-refractivity contribution in [3.63, 3.8) is 0 Å². The number of hydrogen-bond acceptors (Lipinski definition) is 6. The number of rotatable bonds is 4. The number of halogens is 1. The van der Waals surface area contributed by atoms with Crippen LogP contribution in [0.1, 0.15) is 10.4 Å². The lowest BCUT2D eigenvalue weighted by Gasteiger charge is -2.31. The van der Waals surface area contributed by atoms with Gasteiger partial charge in [0.1, 0.15) is 5.56 Å².